The van der Waals surface area contributed by atoms with E-state index in [0.29, 0.717) is 18.9 Å². The minimum absolute atomic E-state index is 0.210. The molecule has 2 N–H and O–H groups in total. The number of carbonyl (C=O) groups is 1. The van der Waals surface area contributed by atoms with Crippen molar-refractivity contribution in [2.45, 2.75) is 39.7 Å². The third-order valence-electron chi connectivity index (χ3n) is 2.81. The molecule has 0 bridgehead atoms. The van der Waals surface area contributed by atoms with Crippen molar-refractivity contribution in [3.63, 3.8) is 0 Å². The van der Waals surface area contributed by atoms with Crippen LogP contribution in [0.15, 0.2) is 16.7 Å². The molecule has 1 unspecified atom stereocenters. The van der Waals surface area contributed by atoms with Crippen molar-refractivity contribution in [3.8, 4) is 5.88 Å². The third-order valence-corrected chi connectivity index (χ3v) is 3.24. The average Bonchev–Trinajstić information content (AvgIpc) is 2.24. The van der Waals surface area contributed by atoms with Gasteiger partial charge in [0.15, 0.2) is 0 Å². The van der Waals surface area contributed by atoms with Gasteiger partial charge in [-0.25, -0.2) is 9.78 Å². The molecule has 5 nitrogen and oxygen atoms in total. The molecular formula is C14H21BrN2O3. The van der Waals surface area contributed by atoms with Crippen molar-refractivity contribution in [1.29, 1.82) is 0 Å². The number of aryl methyl sites for hydroxylation is 1. The number of carboxylic acid groups (broad SMARTS) is 1. The van der Waals surface area contributed by atoms with Crippen LogP contribution in [-0.2, 0) is 0 Å². The first kappa shape index (κ1) is 16.8. The van der Waals surface area contributed by atoms with E-state index in [1.165, 1.54) is 0 Å². The highest BCUT2D eigenvalue weighted by Gasteiger charge is 2.23. The fourth-order valence-electron chi connectivity index (χ4n) is 2.17. The van der Waals surface area contributed by atoms with Crippen LogP contribution in [0.5, 0.6) is 5.88 Å². The Morgan fingerprint density at radius 1 is 1.60 bits per heavy atom. The Morgan fingerprint density at radius 3 is 2.80 bits per heavy atom. The van der Waals surface area contributed by atoms with E-state index in [1.807, 2.05) is 33.8 Å². The Bertz CT molecular complexity index is 477. The molecule has 0 radical (unpaired) electrons. The Balaban J connectivity index is 2.50. The Morgan fingerprint density at radius 2 is 2.25 bits per heavy atom. The van der Waals surface area contributed by atoms with Crippen molar-refractivity contribution in [2.75, 3.05) is 6.61 Å². The summed E-state index contributed by atoms with van der Waals surface area (Å²) < 4.78 is 6.62. The lowest BCUT2D eigenvalue weighted by Gasteiger charge is -2.27. The van der Waals surface area contributed by atoms with E-state index in [1.54, 1.807) is 6.20 Å². The van der Waals surface area contributed by atoms with Gasteiger partial charge >= 0.3 is 6.09 Å². The second-order valence-electron chi connectivity index (χ2n) is 5.71. The van der Waals surface area contributed by atoms with Crippen LogP contribution in [0.3, 0.4) is 0 Å². The average molecular weight is 345 g/mol. The number of halogens is 1. The van der Waals surface area contributed by atoms with Gasteiger partial charge in [0.2, 0.25) is 5.88 Å². The van der Waals surface area contributed by atoms with Gasteiger partial charge < -0.3 is 15.2 Å². The maximum atomic E-state index is 10.7. The number of nitrogens with zero attached hydrogens (tertiary/aromatic N) is 1. The lowest BCUT2D eigenvalue weighted by atomic mass is 9.92. The molecule has 1 heterocycles. The van der Waals surface area contributed by atoms with Gasteiger partial charge in [-0.2, -0.15) is 0 Å². The number of ether oxygens (including phenoxy) is 1. The predicted octanol–water partition coefficient (Wildman–Crippen LogP) is 3.60. The summed E-state index contributed by atoms with van der Waals surface area (Å²) in [6.07, 6.45) is 1.38. The van der Waals surface area contributed by atoms with Crippen molar-refractivity contribution in [3.05, 3.63) is 22.3 Å². The van der Waals surface area contributed by atoms with Crippen molar-refractivity contribution < 1.29 is 14.6 Å². The maximum absolute atomic E-state index is 10.7. The minimum Gasteiger partial charge on any atom is -0.477 e. The standard InChI is InChI=1S/C14H21BrN2O3/c1-9(6-14(3,4)17-13(18)19)8-20-12-10(2)5-11(15)7-16-12/h5,7,9,17H,6,8H2,1-4H3,(H,18,19). The van der Waals surface area contributed by atoms with Crippen molar-refractivity contribution >= 4 is 22.0 Å². The number of amides is 1. The van der Waals surface area contributed by atoms with Crippen LogP contribution in [0.4, 0.5) is 4.79 Å². The lowest BCUT2D eigenvalue weighted by molar-refractivity contribution is 0.168. The molecule has 20 heavy (non-hydrogen) atoms. The van der Waals surface area contributed by atoms with Gasteiger partial charge in [-0.3, -0.25) is 0 Å². The van der Waals surface area contributed by atoms with Gasteiger partial charge in [0.05, 0.1) is 6.61 Å². The second-order valence-corrected chi connectivity index (χ2v) is 6.63. The topological polar surface area (TPSA) is 71.5 Å². The van der Waals surface area contributed by atoms with E-state index >= 15 is 0 Å². The maximum Gasteiger partial charge on any atom is 0.405 e. The monoisotopic (exact) mass is 344 g/mol. The highest BCUT2D eigenvalue weighted by molar-refractivity contribution is 9.10. The fourth-order valence-corrected chi connectivity index (χ4v) is 2.62. The van der Waals surface area contributed by atoms with Crippen LogP contribution in [0.25, 0.3) is 0 Å². The van der Waals surface area contributed by atoms with Gasteiger partial charge in [0.1, 0.15) is 0 Å². The fraction of sp³-hybridized carbons (Fsp3) is 0.571. The molecule has 0 fully saturated rings. The molecule has 0 saturated carbocycles. The smallest absolute Gasteiger partial charge is 0.405 e. The molecule has 1 rings (SSSR count). The molecule has 1 amide bonds. The van der Waals surface area contributed by atoms with Crippen LogP contribution in [0.1, 0.15) is 32.8 Å². The molecule has 6 heteroatoms. The molecule has 1 atom stereocenters. The SMILES string of the molecule is Cc1cc(Br)cnc1OCC(C)CC(C)(C)NC(=O)O. The zero-order valence-corrected chi connectivity index (χ0v) is 13.8. The molecular weight excluding hydrogens is 324 g/mol. The van der Waals surface area contributed by atoms with Crippen LogP contribution in [0.2, 0.25) is 0 Å². The molecule has 0 aliphatic carbocycles. The summed E-state index contributed by atoms with van der Waals surface area (Å²) in [5.74, 6) is 0.825. The first-order valence-electron chi connectivity index (χ1n) is 6.45. The van der Waals surface area contributed by atoms with Gasteiger partial charge in [-0.05, 0) is 55.1 Å². The summed E-state index contributed by atoms with van der Waals surface area (Å²) in [7, 11) is 0. The van der Waals surface area contributed by atoms with E-state index in [4.69, 9.17) is 9.84 Å². The van der Waals surface area contributed by atoms with Gasteiger partial charge in [-0.1, -0.05) is 6.92 Å². The highest BCUT2D eigenvalue weighted by atomic mass is 79.9. The summed E-state index contributed by atoms with van der Waals surface area (Å²) in [6, 6.07) is 1.95. The Hall–Kier alpha value is -1.30. The normalized spacial score (nSPS) is 12.8. The Kier molecular flexibility index (Phi) is 5.80. The molecule has 0 aliphatic rings. The lowest BCUT2D eigenvalue weighted by Crippen LogP contribution is -2.44. The number of aromatic nitrogens is 1. The number of nitrogens with one attached hydrogen (secondary N) is 1. The summed E-state index contributed by atoms with van der Waals surface area (Å²) in [5.41, 5.74) is 0.492. The molecule has 0 aliphatic heterocycles. The first-order chi connectivity index (χ1) is 9.19. The van der Waals surface area contributed by atoms with E-state index in [0.717, 1.165) is 10.0 Å². The van der Waals surface area contributed by atoms with E-state index in [-0.39, 0.29) is 5.92 Å². The molecule has 112 valence electrons. The summed E-state index contributed by atoms with van der Waals surface area (Å²) in [5, 5.41) is 11.3. The summed E-state index contributed by atoms with van der Waals surface area (Å²) in [6.45, 7) is 8.19. The second kappa shape index (κ2) is 6.92. The first-order valence-corrected chi connectivity index (χ1v) is 7.25. The minimum atomic E-state index is -1.01. The summed E-state index contributed by atoms with van der Waals surface area (Å²) in [4.78, 5) is 14.9. The molecule has 1 aromatic rings. The summed E-state index contributed by atoms with van der Waals surface area (Å²) >= 11 is 3.36. The van der Waals surface area contributed by atoms with E-state index in [2.05, 4.69) is 26.2 Å². The molecule has 0 saturated heterocycles. The molecule has 0 spiro atoms. The number of rotatable bonds is 6. The number of pyridine rings is 1. The van der Waals surface area contributed by atoms with Crippen molar-refractivity contribution in [2.24, 2.45) is 5.92 Å². The van der Waals surface area contributed by atoms with Crippen molar-refractivity contribution in [1.82, 2.24) is 10.3 Å². The van der Waals surface area contributed by atoms with Crippen LogP contribution < -0.4 is 10.1 Å². The van der Waals surface area contributed by atoms with Crippen LogP contribution >= 0.6 is 15.9 Å². The van der Waals surface area contributed by atoms with E-state index in [9.17, 15) is 4.79 Å². The number of hydrogen-bond acceptors (Lipinski definition) is 3. The zero-order chi connectivity index (χ0) is 15.3. The third kappa shape index (κ3) is 5.77. The number of hydrogen-bond donors (Lipinski definition) is 2. The van der Waals surface area contributed by atoms with Crippen LogP contribution in [-0.4, -0.2) is 28.3 Å². The van der Waals surface area contributed by atoms with Gasteiger partial charge in [0.25, 0.3) is 0 Å². The molecule has 1 aromatic heterocycles. The largest absolute Gasteiger partial charge is 0.477 e. The Labute approximate surface area is 127 Å². The molecule has 0 aromatic carbocycles. The van der Waals surface area contributed by atoms with Gasteiger partial charge in [-0.15, -0.1) is 0 Å². The van der Waals surface area contributed by atoms with E-state index < -0.39 is 11.6 Å². The quantitative estimate of drug-likeness (QED) is 0.826. The predicted molar refractivity (Wildman–Crippen MR) is 81.2 cm³/mol. The van der Waals surface area contributed by atoms with Crippen LogP contribution in [0, 0.1) is 12.8 Å². The van der Waals surface area contributed by atoms with Gasteiger partial charge in [0, 0.05) is 21.8 Å². The highest BCUT2D eigenvalue weighted by Crippen LogP contribution is 2.21. The zero-order valence-electron chi connectivity index (χ0n) is 12.2.